The molecule has 1 unspecified atom stereocenters. The SMILES string of the molecule is CNC(C)c1ccc(OCCN(C)C)c(Cl)c1. The van der Waals surface area contributed by atoms with Crippen molar-refractivity contribution in [3.05, 3.63) is 28.8 Å². The molecule has 3 nitrogen and oxygen atoms in total. The van der Waals surface area contributed by atoms with Crippen LogP contribution in [0.3, 0.4) is 0 Å². The van der Waals surface area contributed by atoms with E-state index in [-0.39, 0.29) is 0 Å². The third-order valence-electron chi connectivity index (χ3n) is 2.69. The van der Waals surface area contributed by atoms with Crippen molar-refractivity contribution in [1.82, 2.24) is 10.2 Å². The van der Waals surface area contributed by atoms with Crippen molar-refractivity contribution in [3.8, 4) is 5.75 Å². The van der Waals surface area contributed by atoms with E-state index in [4.69, 9.17) is 16.3 Å². The van der Waals surface area contributed by atoms with E-state index < -0.39 is 0 Å². The third kappa shape index (κ3) is 4.54. The molecule has 1 aromatic rings. The fourth-order valence-electron chi connectivity index (χ4n) is 1.41. The van der Waals surface area contributed by atoms with E-state index in [0.717, 1.165) is 17.9 Å². The molecule has 0 aliphatic carbocycles. The maximum Gasteiger partial charge on any atom is 0.137 e. The van der Waals surface area contributed by atoms with Crippen LogP contribution in [0.2, 0.25) is 5.02 Å². The first-order valence-electron chi connectivity index (χ1n) is 5.79. The van der Waals surface area contributed by atoms with Gasteiger partial charge in [0.25, 0.3) is 0 Å². The molecule has 1 atom stereocenters. The molecular weight excluding hydrogens is 236 g/mol. The number of benzene rings is 1. The molecule has 0 fully saturated rings. The summed E-state index contributed by atoms with van der Waals surface area (Å²) in [7, 11) is 5.96. The first-order chi connectivity index (χ1) is 8.04. The monoisotopic (exact) mass is 256 g/mol. The van der Waals surface area contributed by atoms with E-state index in [2.05, 4.69) is 17.1 Å². The lowest BCUT2D eigenvalue weighted by atomic mass is 10.1. The molecule has 1 rings (SSSR count). The lowest BCUT2D eigenvalue weighted by Crippen LogP contribution is -2.19. The van der Waals surface area contributed by atoms with Crippen LogP contribution in [-0.2, 0) is 0 Å². The number of hydrogen-bond acceptors (Lipinski definition) is 3. The molecule has 0 aliphatic heterocycles. The van der Waals surface area contributed by atoms with Gasteiger partial charge < -0.3 is 15.0 Å². The van der Waals surface area contributed by atoms with Gasteiger partial charge in [-0.2, -0.15) is 0 Å². The summed E-state index contributed by atoms with van der Waals surface area (Å²) >= 11 is 6.18. The summed E-state index contributed by atoms with van der Waals surface area (Å²) in [6.45, 7) is 3.62. The summed E-state index contributed by atoms with van der Waals surface area (Å²) in [4.78, 5) is 2.07. The van der Waals surface area contributed by atoms with Gasteiger partial charge in [-0.1, -0.05) is 17.7 Å². The Balaban J connectivity index is 2.63. The Morgan fingerprint density at radius 1 is 1.41 bits per heavy atom. The highest BCUT2D eigenvalue weighted by Gasteiger charge is 2.07. The maximum absolute atomic E-state index is 6.18. The van der Waals surface area contributed by atoms with E-state index in [9.17, 15) is 0 Å². The molecule has 0 saturated heterocycles. The molecule has 0 saturated carbocycles. The average Bonchev–Trinajstić information content (AvgIpc) is 2.29. The van der Waals surface area contributed by atoms with Gasteiger partial charge in [-0.25, -0.2) is 0 Å². The van der Waals surface area contributed by atoms with E-state index in [1.165, 1.54) is 0 Å². The minimum atomic E-state index is 0.295. The minimum absolute atomic E-state index is 0.295. The lowest BCUT2D eigenvalue weighted by molar-refractivity contribution is 0.261. The summed E-state index contributed by atoms with van der Waals surface area (Å²) in [5.74, 6) is 0.751. The molecule has 0 spiro atoms. The van der Waals surface area contributed by atoms with Crippen LogP contribution in [0.25, 0.3) is 0 Å². The van der Waals surface area contributed by atoms with Gasteiger partial charge in [-0.15, -0.1) is 0 Å². The van der Waals surface area contributed by atoms with Gasteiger partial charge in [-0.05, 0) is 45.8 Å². The van der Waals surface area contributed by atoms with Crippen molar-refractivity contribution < 1.29 is 4.74 Å². The Kier molecular flexibility index (Phi) is 5.75. The van der Waals surface area contributed by atoms with Gasteiger partial charge in [0.1, 0.15) is 12.4 Å². The number of halogens is 1. The van der Waals surface area contributed by atoms with Crippen LogP contribution in [0.1, 0.15) is 18.5 Å². The van der Waals surface area contributed by atoms with Gasteiger partial charge in [0, 0.05) is 12.6 Å². The second-order valence-corrected chi connectivity index (χ2v) is 4.76. The van der Waals surface area contributed by atoms with Crippen LogP contribution < -0.4 is 10.1 Å². The fraction of sp³-hybridized carbons (Fsp3) is 0.538. The van der Waals surface area contributed by atoms with Gasteiger partial charge in [-0.3, -0.25) is 0 Å². The molecule has 4 heteroatoms. The molecular formula is C13H21ClN2O. The van der Waals surface area contributed by atoms with Crippen molar-refractivity contribution >= 4 is 11.6 Å². The quantitative estimate of drug-likeness (QED) is 0.847. The van der Waals surface area contributed by atoms with Crippen molar-refractivity contribution in [2.75, 3.05) is 34.3 Å². The largest absolute Gasteiger partial charge is 0.491 e. The van der Waals surface area contributed by atoms with Gasteiger partial charge in [0.05, 0.1) is 5.02 Å². The molecule has 0 amide bonds. The second kappa shape index (κ2) is 6.84. The Hall–Kier alpha value is -0.770. The van der Waals surface area contributed by atoms with E-state index in [0.29, 0.717) is 17.7 Å². The zero-order valence-corrected chi connectivity index (χ0v) is 11.7. The Labute approximate surface area is 109 Å². The number of likely N-dealkylation sites (N-methyl/N-ethyl adjacent to an activating group) is 1. The topological polar surface area (TPSA) is 24.5 Å². The molecule has 1 aromatic carbocycles. The molecule has 0 heterocycles. The number of hydrogen-bond donors (Lipinski definition) is 1. The highest BCUT2D eigenvalue weighted by Crippen LogP contribution is 2.27. The first kappa shape index (κ1) is 14.3. The Morgan fingerprint density at radius 2 is 2.12 bits per heavy atom. The summed E-state index contributed by atoms with van der Waals surface area (Å²) in [5.41, 5.74) is 1.16. The van der Waals surface area contributed by atoms with E-state index >= 15 is 0 Å². The normalized spacial score (nSPS) is 12.8. The second-order valence-electron chi connectivity index (χ2n) is 4.35. The number of nitrogens with zero attached hydrogens (tertiary/aromatic N) is 1. The number of rotatable bonds is 6. The maximum atomic E-state index is 6.18. The summed E-state index contributed by atoms with van der Waals surface area (Å²) in [5, 5.41) is 3.85. The first-order valence-corrected chi connectivity index (χ1v) is 6.16. The van der Waals surface area contributed by atoms with Crippen LogP contribution in [-0.4, -0.2) is 39.2 Å². The van der Waals surface area contributed by atoms with E-state index in [1.54, 1.807) is 0 Å². The highest BCUT2D eigenvalue weighted by atomic mass is 35.5. The van der Waals surface area contributed by atoms with Crippen LogP contribution in [0, 0.1) is 0 Å². The predicted molar refractivity (Wildman–Crippen MR) is 73.0 cm³/mol. The zero-order chi connectivity index (χ0) is 12.8. The Morgan fingerprint density at radius 3 is 2.65 bits per heavy atom. The Bertz CT molecular complexity index is 355. The van der Waals surface area contributed by atoms with Crippen molar-refractivity contribution in [2.24, 2.45) is 0 Å². The lowest BCUT2D eigenvalue weighted by Gasteiger charge is -2.14. The average molecular weight is 257 g/mol. The number of ether oxygens (including phenoxy) is 1. The molecule has 0 aromatic heterocycles. The van der Waals surface area contributed by atoms with Gasteiger partial charge in [0.2, 0.25) is 0 Å². The summed E-state index contributed by atoms with van der Waals surface area (Å²) < 4.78 is 5.62. The minimum Gasteiger partial charge on any atom is -0.491 e. The van der Waals surface area contributed by atoms with Gasteiger partial charge >= 0.3 is 0 Å². The predicted octanol–water partition coefficient (Wildman–Crippen LogP) is 2.56. The fourth-order valence-corrected chi connectivity index (χ4v) is 1.65. The van der Waals surface area contributed by atoms with Crippen molar-refractivity contribution in [1.29, 1.82) is 0 Å². The highest BCUT2D eigenvalue weighted by molar-refractivity contribution is 6.32. The third-order valence-corrected chi connectivity index (χ3v) is 2.98. The van der Waals surface area contributed by atoms with Crippen molar-refractivity contribution in [2.45, 2.75) is 13.0 Å². The summed E-state index contributed by atoms with van der Waals surface area (Å²) in [6.07, 6.45) is 0. The molecule has 17 heavy (non-hydrogen) atoms. The molecule has 0 radical (unpaired) electrons. The molecule has 1 N–H and O–H groups in total. The standard InChI is InChI=1S/C13H21ClN2O/c1-10(15-2)11-5-6-13(12(14)9-11)17-8-7-16(3)4/h5-6,9-10,15H,7-8H2,1-4H3. The van der Waals surface area contributed by atoms with Crippen LogP contribution >= 0.6 is 11.6 Å². The van der Waals surface area contributed by atoms with Crippen molar-refractivity contribution in [3.63, 3.8) is 0 Å². The molecule has 0 bridgehead atoms. The van der Waals surface area contributed by atoms with Gasteiger partial charge in [0.15, 0.2) is 0 Å². The summed E-state index contributed by atoms with van der Waals surface area (Å²) in [6, 6.07) is 6.22. The molecule has 0 aliphatic rings. The number of nitrogens with one attached hydrogen (secondary N) is 1. The van der Waals surface area contributed by atoms with E-state index in [1.807, 2.05) is 39.3 Å². The smallest absolute Gasteiger partial charge is 0.137 e. The van der Waals surface area contributed by atoms with Crippen LogP contribution in [0.15, 0.2) is 18.2 Å². The van der Waals surface area contributed by atoms with Crippen LogP contribution in [0.5, 0.6) is 5.75 Å². The molecule has 96 valence electrons. The van der Waals surface area contributed by atoms with Crippen LogP contribution in [0.4, 0.5) is 0 Å². The zero-order valence-electron chi connectivity index (χ0n) is 11.0.